The van der Waals surface area contributed by atoms with Crippen molar-refractivity contribution in [1.82, 2.24) is 15.1 Å². The van der Waals surface area contributed by atoms with Gasteiger partial charge >= 0.3 is 0 Å². The Kier molecular flexibility index (Phi) is 5.80. The van der Waals surface area contributed by atoms with E-state index in [-0.39, 0.29) is 17.9 Å². The fraction of sp³-hybridized carbons (Fsp3) is 0.500. The maximum absolute atomic E-state index is 12.5. The molecule has 1 fully saturated rings. The Bertz CT molecular complexity index is 542. The van der Waals surface area contributed by atoms with E-state index in [9.17, 15) is 9.59 Å². The molecule has 1 saturated heterocycles. The Morgan fingerprint density at radius 2 is 1.86 bits per heavy atom. The van der Waals surface area contributed by atoms with Crippen molar-refractivity contribution in [2.45, 2.75) is 19.9 Å². The molecule has 1 aromatic carbocycles. The molecule has 22 heavy (non-hydrogen) atoms. The van der Waals surface area contributed by atoms with Crippen LogP contribution in [0.25, 0.3) is 0 Å². The maximum atomic E-state index is 12.5. The molecule has 0 aromatic heterocycles. The molecule has 0 saturated carbocycles. The first-order valence-corrected chi connectivity index (χ1v) is 7.98. The summed E-state index contributed by atoms with van der Waals surface area (Å²) < 4.78 is 0. The van der Waals surface area contributed by atoms with Crippen LogP contribution in [-0.4, -0.2) is 60.4 Å². The van der Waals surface area contributed by atoms with Gasteiger partial charge in [-0.1, -0.05) is 23.7 Å². The smallest absolute Gasteiger partial charge is 0.255 e. The first-order chi connectivity index (χ1) is 10.5. The van der Waals surface area contributed by atoms with Gasteiger partial charge in [-0.3, -0.25) is 14.5 Å². The fourth-order valence-electron chi connectivity index (χ4n) is 2.61. The number of likely N-dealkylation sites (N-methyl/N-ethyl adjacent to an activating group) is 1. The van der Waals surface area contributed by atoms with E-state index in [1.165, 1.54) is 0 Å². The van der Waals surface area contributed by atoms with Crippen molar-refractivity contribution in [3.05, 3.63) is 34.9 Å². The number of amides is 2. The molecule has 0 bridgehead atoms. The third-order valence-corrected chi connectivity index (χ3v) is 4.31. The molecule has 1 aromatic rings. The predicted molar refractivity (Wildman–Crippen MR) is 87.1 cm³/mol. The van der Waals surface area contributed by atoms with Gasteiger partial charge in [0.2, 0.25) is 5.91 Å². The Labute approximate surface area is 136 Å². The van der Waals surface area contributed by atoms with Crippen LogP contribution in [0, 0.1) is 0 Å². The van der Waals surface area contributed by atoms with E-state index in [1.54, 1.807) is 17.0 Å². The Balaban J connectivity index is 1.93. The van der Waals surface area contributed by atoms with E-state index in [0.29, 0.717) is 43.3 Å². The minimum Gasteiger partial charge on any atom is -0.355 e. The summed E-state index contributed by atoms with van der Waals surface area (Å²) in [6, 6.07) is 6.92. The molecule has 1 N–H and O–H groups in total. The second kappa shape index (κ2) is 7.61. The summed E-state index contributed by atoms with van der Waals surface area (Å²) in [5.74, 6) is -0.00991. The van der Waals surface area contributed by atoms with Gasteiger partial charge in [0.05, 0.1) is 16.6 Å². The molecular formula is C16H22ClN3O2. The standard InChI is InChI=1S/C16H22ClN3O2/c1-3-18-15(21)12(2)19-8-10-20(11-9-19)16(22)13-6-4-5-7-14(13)17/h4-7,12H,3,8-11H2,1-2H3,(H,18,21). The first kappa shape index (κ1) is 16.8. The number of hydrogen-bond acceptors (Lipinski definition) is 3. The van der Waals surface area contributed by atoms with Crippen molar-refractivity contribution < 1.29 is 9.59 Å². The molecule has 0 radical (unpaired) electrons. The topological polar surface area (TPSA) is 52.7 Å². The lowest BCUT2D eigenvalue weighted by Crippen LogP contribution is -2.55. The normalized spacial score (nSPS) is 17.1. The summed E-state index contributed by atoms with van der Waals surface area (Å²) in [6.07, 6.45) is 0. The van der Waals surface area contributed by atoms with Crippen molar-refractivity contribution in [1.29, 1.82) is 0 Å². The van der Waals surface area contributed by atoms with Crippen molar-refractivity contribution in [2.24, 2.45) is 0 Å². The highest BCUT2D eigenvalue weighted by atomic mass is 35.5. The van der Waals surface area contributed by atoms with E-state index < -0.39 is 0 Å². The summed E-state index contributed by atoms with van der Waals surface area (Å²) >= 11 is 6.08. The lowest BCUT2D eigenvalue weighted by Gasteiger charge is -2.37. The van der Waals surface area contributed by atoms with Crippen LogP contribution in [0.5, 0.6) is 0 Å². The van der Waals surface area contributed by atoms with Gasteiger partial charge in [-0.2, -0.15) is 0 Å². The number of piperazine rings is 1. The molecule has 1 aliphatic heterocycles. The van der Waals surface area contributed by atoms with Crippen LogP contribution in [-0.2, 0) is 4.79 Å². The first-order valence-electron chi connectivity index (χ1n) is 7.60. The SMILES string of the molecule is CCNC(=O)C(C)N1CCN(C(=O)c2ccccc2Cl)CC1. The summed E-state index contributed by atoms with van der Waals surface area (Å²) in [4.78, 5) is 28.2. The fourth-order valence-corrected chi connectivity index (χ4v) is 2.82. The van der Waals surface area contributed by atoms with Crippen molar-refractivity contribution >= 4 is 23.4 Å². The molecule has 1 aliphatic rings. The van der Waals surface area contributed by atoms with Gasteiger partial charge < -0.3 is 10.2 Å². The Morgan fingerprint density at radius 1 is 1.23 bits per heavy atom. The van der Waals surface area contributed by atoms with Gasteiger partial charge in [-0.15, -0.1) is 0 Å². The predicted octanol–water partition coefficient (Wildman–Crippen LogP) is 1.62. The van der Waals surface area contributed by atoms with E-state index in [2.05, 4.69) is 10.2 Å². The monoisotopic (exact) mass is 323 g/mol. The van der Waals surface area contributed by atoms with Gasteiger partial charge in [-0.25, -0.2) is 0 Å². The summed E-state index contributed by atoms with van der Waals surface area (Å²) in [6.45, 7) is 7.03. The highest BCUT2D eigenvalue weighted by Crippen LogP contribution is 2.18. The Morgan fingerprint density at radius 3 is 2.45 bits per heavy atom. The number of benzene rings is 1. The molecule has 5 nitrogen and oxygen atoms in total. The van der Waals surface area contributed by atoms with Gasteiger partial charge in [0.15, 0.2) is 0 Å². The number of rotatable bonds is 4. The molecule has 1 unspecified atom stereocenters. The number of nitrogens with one attached hydrogen (secondary N) is 1. The lowest BCUT2D eigenvalue weighted by molar-refractivity contribution is -0.126. The van der Waals surface area contributed by atoms with E-state index in [4.69, 9.17) is 11.6 Å². The molecule has 2 amide bonds. The molecular weight excluding hydrogens is 302 g/mol. The number of carbonyl (C=O) groups is 2. The zero-order valence-corrected chi connectivity index (χ0v) is 13.8. The van der Waals surface area contributed by atoms with Crippen molar-refractivity contribution in [3.63, 3.8) is 0 Å². The second-order valence-electron chi connectivity index (χ2n) is 5.38. The molecule has 0 aliphatic carbocycles. The Hall–Kier alpha value is -1.59. The zero-order chi connectivity index (χ0) is 16.1. The average Bonchev–Trinajstić information content (AvgIpc) is 2.54. The number of nitrogens with zero attached hydrogens (tertiary/aromatic N) is 2. The van der Waals surface area contributed by atoms with Gasteiger partial charge in [0, 0.05) is 32.7 Å². The van der Waals surface area contributed by atoms with Crippen LogP contribution in [0.1, 0.15) is 24.2 Å². The molecule has 2 rings (SSSR count). The van der Waals surface area contributed by atoms with Crippen molar-refractivity contribution in [3.8, 4) is 0 Å². The summed E-state index contributed by atoms with van der Waals surface area (Å²) in [7, 11) is 0. The number of halogens is 1. The number of carbonyl (C=O) groups excluding carboxylic acids is 2. The third kappa shape index (κ3) is 3.78. The summed E-state index contributed by atoms with van der Waals surface area (Å²) in [5.41, 5.74) is 0.536. The van der Waals surface area contributed by atoms with Crippen molar-refractivity contribution in [2.75, 3.05) is 32.7 Å². The molecule has 120 valence electrons. The third-order valence-electron chi connectivity index (χ3n) is 3.98. The zero-order valence-electron chi connectivity index (χ0n) is 13.0. The van der Waals surface area contributed by atoms with E-state index >= 15 is 0 Å². The minimum absolute atomic E-state index is 0.0355. The molecule has 1 heterocycles. The maximum Gasteiger partial charge on any atom is 0.255 e. The van der Waals surface area contributed by atoms with Crippen LogP contribution >= 0.6 is 11.6 Å². The van der Waals surface area contributed by atoms with Crippen LogP contribution < -0.4 is 5.32 Å². The highest BCUT2D eigenvalue weighted by molar-refractivity contribution is 6.33. The van der Waals surface area contributed by atoms with Crippen LogP contribution in [0.3, 0.4) is 0 Å². The highest BCUT2D eigenvalue weighted by Gasteiger charge is 2.28. The quantitative estimate of drug-likeness (QED) is 0.916. The van der Waals surface area contributed by atoms with Crippen LogP contribution in [0.4, 0.5) is 0 Å². The summed E-state index contributed by atoms with van der Waals surface area (Å²) in [5, 5.41) is 3.31. The van der Waals surface area contributed by atoms with E-state index in [1.807, 2.05) is 26.0 Å². The van der Waals surface area contributed by atoms with Gasteiger partial charge in [0.25, 0.3) is 5.91 Å². The second-order valence-corrected chi connectivity index (χ2v) is 5.79. The lowest BCUT2D eigenvalue weighted by atomic mass is 10.1. The number of hydrogen-bond donors (Lipinski definition) is 1. The largest absolute Gasteiger partial charge is 0.355 e. The average molecular weight is 324 g/mol. The van der Waals surface area contributed by atoms with Gasteiger partial charge in [-0.05, 0) is 26.0 Å². The molecule has 0 spiro atoms. The van der Waals surface area contributed by atoms with Crippen LogP contribution in [0.15, 0.2) is 24.3 Å². The molecule has 6 heteroatoms. The van der Waals surface area contributed by atoms with Gasteiger partial charge in [0.1, 0.15) is 0 Å². The van der Waals surface area contributed by atoms with E-state index in [0.717, 1.165) is 0 Å². The molecule has 1 atom stereocenters. The minimum atomic E-state index is -0.169. The van der Waals surface area contributed by atoms with Crippen LogP contribution in [0.2, 0.25) is 5.02 Å².